The van der Waals surface area contributed by atoms with Gasteiger partial charge in [0.25, 0.3) is 0 Å². The van der Waals surface area contributed by atoms with Crippen molar-refractivity contribution < 1.29 is 14.4 Å². The lowest BCUT2D eigenvalue weighted by Crippen LogP contribution is -1.78. The van der Waals surface area contributed by atoms with Crippen LogP contribution in [0.15, 0.2) is 11.4 Å². The van der Waals surface area contributed by atoms with Crippen LogP contribution in [0.5, 0.6) is 0 Å². The van der Waals surface area contributed by atoms with Crippen LogP contribution in [0.4, 0.5) is 0 Å². The molecule has 0 saturated heterocycles. The number of allylic oxidation sites excluding steroid dienone is 2. The molecule has 0 unspecified atom stereocenters. The van der Waals surface area contributed by atoms with Gasteiger partial charge in [-0.1, -0.05) is 13.0 Å². The molecule has 0 aromatic rings. The fourth-order valence-corrected chi connectivity index (χ4v) is 0.835. The Morgan fingerprint density at radius 2 is 2.11 bits per heavy atom. The van der Waals surface area contributed by atoms with E-state index in [0.717, 1.165) is 0 Å². The summed E-state index contributed by atoms with van der Waals surface area (Å²) in [5, 5.41) is 0.157. The first-order valence-corrected chi connectivity index (χ1v) is 4.32. The Labute approximate surface area is 54.6 Å². The van der Waals surface area contributed by atoms with Gasteiger partial charge < -0.3 is 9.79 Å². The van der Waals surface area contributed by atoms with Crippen molar-refractivity contribution in [3.8, 4) is 0 Å². The Kier molecular flexibility index (Phi) is 3.12. The third kappa shape index (κ3) is 3.46. The first-order chi connectivity index (χ1) is 3.98. The van der Waals surface area contributed by atoms with E-state index in [9.17, 15) is 4.57 Å². The lowest BCUT2D eigenvalue weighted by molar-refractivity contribution is 0.382. The van der Waals surface area contributed by atoms with E-state index < -0.39 is 7.60 Å². The summed E-state index contributed by atoms with van der Waals surface area (Å²) in [6.07, 6.45) is 2.19. The number of hydrogen-bond acceptors (Lipinski definition) is 1. The van der Waals surface area contributed by atoms with Crippen LogP contribution in [0.3, 0.4) is 0 Å². The molecule has 3 nitrogen and oxygen atoms in total. The second kappa shape index (κ2) is 3.16. The van der Waals surface area contributed by atoms with Gasteiger partial charge in [0.05, 0.1) is 0 Å². The minimum atomic E-state index is -3.91. The largest absolute Gasteiger partial charge is 0.351 e. The quantitative estimate of drug-likeness (QED) is 0.586. The minimum absolute atomic E-state index is 0.157. The predicted molar refractivity (Wildman–Crippen MR) is 36.1 cm³/mol. The SMILES string of the molecule is CCC=C(C)P(=O)(O)O. The van der Waals surface area contributed by atoms with Crippen LogP contribution < -0.4 is 0 Å². The van der Waals surface area contributed by atoms with Gasteiger partial charge in [-0.2, -0.15) is 0 Å². The average Bonchev–Trinajstić information content (AvgIpc) is 1.64. The molecule has 0 spiro atoms. The van der Waals surface area contributed by atoms with Gasteiger partial charge in [-0.05, 0) is 13.3 Å². The third-order valence-electron chi connectivity index (χ3n) is 0.959. The standard InChI is InChI=1S/C5H11O3P/c1-3-4-5(2)9(6,7)8/h4H,3H2,1-2H3,(H2,6,7,8). The summed E-state index contributed by atoms with van der Waals surface area (Å²) in [5.41, 5.74) is 0. The Morgan fingerprint density at radius 3 is 2.22 bits per heavy atom. The lowest BCUT2D eigenvalue weighted by atomic mass is 10.4. The number of rotatable bonds is 2. The molecule has 0 heterocycles. The van der Waals surface area contributed by atoms with E-state index in [2.05, 4.69) is 0 Å². The molecule has 4 heteroatoms. The zero-order valence-electron chi connectivity index (χ0n) is 5.53. The Bertz CT molecular complexity index is 156. The second-order valence-electron chi connectivity index (χ2n) is 1.80. The molecule has 2 N–H and O–H groups in total. The maximum absolute atomic E-state index is 10.3. The normalized spacial score (nSPS) is 14.0. The van der Waals surface area contributed by atoms with Gasteiger partial charge in [0.15, 0.2) is 0 Å². The molecule has 0 aliphatic heterocycles. The molecule has 0 aliphatic rings. The summed E-state index contributed by atoms with van der Waals surface area (Å²) >= 11 is 0. The molecule has 0 aliphatic carbocycles. The van der Waals surface area contributed by atoms with E-state index in [1.54, 1.807) is 0 Å². The van der Waals surface area contributed by atoms with Crippen molar-refractivity contribution >= 4 is 7.60 Å². The fourth-order valence-electron chi connectivity index (χ4n) is 0.414. The van der Waals surface area contributed by atoms with Crippen LogP contribution >= 0.6 is 7.60 Å². The van der Waals surface area contributed by atoms with Crippen LogP contribution in [0.25, 0.3) is 0 Å². The third-order valence-corrected chi connectivity index (χ3v) is 2.06. The average molecular weight is 150 g/mol. The monoisotopic (exact) mass is 150 g/mol. The Hall–Kier alpha value is -0.110. The topological polar surface area (TPSA) is 57.5 Å². The van der Waals surface area contributed by atoms with Crippen molar-refractivity contribution in [2.45, 2.75) is 20.3 Å². The van der Waals surface area contributed by atoms with Crippen LogP contribution in [-0.4, -0.2) is 9.79 Å². The maximum atomic E-state index is 10.3. The van der Waals surface area contributed by atoms with Crippen LogP contribution in [-0.2, 0) is 4.57 Å². The molecule has 54 valence electrons. The summed E-state index contributed by atoms with van der Waals surface area (Å²) in [6, 6.07) is 0. The molecule has 0 bridgehead atoms. The van der Waals surface area contributed by atoms with Gasteiger partial charge >= 0.3 is 7.60 Å². The van der Waals surface area contributed by atoms with E-state index in [-0.39, 0.29) is 5.31 Å². The molecule has 0 aromatic heterocycles. The van der Waals surface area contributed by atoms with Crippen LogP contribution in [0.1, 0.15) is 20.3 Å². The molecule has 0 rings (SSSR count). The highest BCUT2D eigenvalue weighted by molar-refractivity contribution is 7.56. The highest BCUT2D eigenvalue weighted by atomic mass is 31.2. The van der Waals surface area contributed by atoms with Gasteiger partial charge in [0.1, 0.15) is 0 Å². The van der Waals surface area contributed by atoms with Crippen molar-refractivity contribution in [2.75, 3.05) is 0 Å². The van der Waals surface area contributed by atoms with Gasteiger partial charge in [-0.15, -0.1) is 0 Å². The summed E-state index contributed by atoms with van der Waals surface area (Å²) in [6.45, 7) is 3.27. The molecule has 0 aromatic carbocycles. The highest BCUT2D eigenvalue weighted by Crippen LogP contribution is 2.44. The zero-order chi connectivity index (χ0) is 7.49. The summed E-state index contributed by atoms with van der Waals surface area (Å²) in [7, 11) is -3.91. The van der Waals surface area contributed by atoms with E-state index in [0.29, 0.717) is 6.42 Å². The van der Waals surface area contributed by atoms with E-state index in [4.69, 9.17) is 9.79 Å². The van der Waals surface area contributed by atoms with Crippen LogP contribution in [0.2, 0.25) is 0 Å². The number of hydrogen-bond donors (Lipinski definition) is 2. The first kappa shape index (κ1) is 8.89. The Balaban J connectivity index is 4.21. The van der Waals surface area contributed by atoms with Crippen molar-refractivity contribution in [3.63, 3.8) is 0 Å². The predicted octanol–water partition coefficient (Wildman–Crippen LogP) is 1.48. The molecule has 0 radical (unpaired) electrons. The van der Waals surface area contributed by atoms with Gasteiger partial charge in [0, 0.05) is 5.31 Å². The maximum Gasteiger partial charge on any atom is 0.351 e. The van der Waals surface area contributed by atoms with E-state index in [1.807, 2.05) is 6.92 Å². The molecule has 0 fully saturated rings. The summed E-state index contributed by atoms with van der Waals surface area (Å²) < 4.78 is 10.3. The summed E-state index contributed by atoms with van der Waals surface area (Å²) in [5.74, 6) is 0. The zero-order valence-corrected chi connectivity index (χ0v) is 6.43. The van der Waals surface area contributed by atoms with Gasteiger partial charge in [-0.25, -0.2) is 0 Å². The molecule has 0 atom stereocenters. The smallest absolute Gasteiger partial charge is 0.321 e. The molecular formula is C5H11O3P. The molecular weight excluding hydrogens is 139 g/mol. The van der Waals surface area contributed by atoms with E-state index in [1.165, 1.54) is 13.0 Å². The van der Waals surface area contributed by atoms with E-state index >= 15 is 0 Å². The van der Waals surface area contributed by atoms with Crippen molar-refractivity contribution in [3.05, 3.63) is 11.4 Å². The first-order valence-electron chi connectivity index (χ1n) is 2.71. The Morgan fingerprint density at radius 1 is 1.67 bits per heavy atom. The molecule has 9 heavy (non-hydrogen) atoms. The molecule has 0 amide bonds. The minimum Gasteiger partial charge on any atom is -0.321 e. The fraction of sp³-hybridized carbons (Fsp3) is 0.600. The van der Waals surface area contributed by atoms with Crippen molar-refractivity contribution in [1.82, 2.24) is 0 Å². The summed E-state index contributed by atoms with van der Waals surface area (Å²) in [4.78, 5) is 16.9. The second-order valence-corrected chi connectivity index (χ2v) is 3.59. The van der Waals surface area contributed by atoms with Crippen molar-refractivity contribution in [1.29, 1.82) is 0 Å². The van der Waals surface area contributed by atoms with Crippen LogP contribution in [0, 0.1) is 0 Å². The highest BCUT2D eigenvalue weighted by Gasteiger charge is 2.13. The lowest BCUT2D eigenvalue weighted by Gasteiger charge is -2.00. The van der Waals surface area contributed by atoms with Crippen molar-refractivity contribution in [2.24, 2.45) is 0 Å². The van der Waals surface area contributed by atoms with Gasteiger partial charge in [0.2, 0.25) is 0 Å². The van der Waals surface area contributed by atoms with Gasteiger partial charge in [-0.3, -0.25) is 4.57 Å². The molecule has 0 saturated carbocycles.